The lowest BCUT2D eigenvalue weighted by Gasteiger charge is -2.18. The van der Waals surface area contributed by atoms with Gasteiger partial charge in [0.2, 0.25) is 11.7 Å². The van der Waals surface area contributed by atoms with Crippen LogP contribution in [0.25, 0.3) is 0 Å². The number of carbonyl (C=O) groups is 2. The molecule has 0 unspecified atom stereocenters. The molecule has 1 aliphatic carbocycles. The normalized spacial score (nSPS) is 19.6. The van der Waals surface area contributed by atoms with Gasteiger partial charge in [-0.05, 0) is 50.1 Å². The molecule has 0 bridgehead atoms. The van der Waals surface area contributed by atoms with E-state index in [-0.39, 0.29) is 18.4 Å². The van der Waals surface area contributed by atoms with Crippen LogP contribution in [-0.2, 0) is 14.3 Å². The number of esters is 1. The zero-order valence-electron chi connectivity index (χ0n) is 17.9. The van der Waals surface area contributed by atoms with Crippen LogP contribution in [0.4, 0.5) is 5.69 Å². The van der Waals surface area contributed by atoms with E-state index in [0.29, 0.717) is 29.4 Å². The van der Waals surface area contributed by atoms with Crippen LogP contribution >= 0.6 is 0 Å². The Labute approximate surface area is 176 Å². The van der Waals surface area contributed by atoms with Crippen molar-refractivity contribution in [3.05, 3.63) is 47.5 Å². The van der Waals surface area contributed by atoms with E-state index >= 15 is 0 Å². The Kier molecular flexibility index (Phi) is 6.20. The molecule has 1 N–H and O–H groups in total. The molecule has 7 nitrogen and oxygen atoms in total. The fraction of sp³-hybridized carbons (Fsp3) is 0.391. The number of benzene rings is 2. The van der Waals surface area contributed by atoms with Gasteiger partial charge in [0.05, 0.1) is 27.9 Å². The van der Waals surface area contributed by atoms with Crippen molar-refractivity contribution in [2.45, 2.75) is 26.2 Å². The van der Waals surface area contributed by atoms with Crippen LogP contribution in [0.15, 0.2) is 36.4 Å². The molecule has 0 saturated heterocycles. The van der Waals surface area contributed by atoms with Gasteiger partial charge in [-0.25, -0.2) is 0 Å². The number of ether oxygens (including phenoxy) is 4. The lowest BCUT2D eigenvalue weighted by atomic mass is 9.97. The molecule has 3 rings (SSSR count). The first-order valence-electron chi connectivity index (χ1n) is 9.76. The molecule has 2 atom stereocenters. The smallest absolute Gasteiger partial charge is 0.322 e. The minimum absolute atomic E-state index is 0.195. The van der Waals surface area contributed by atoms with Crippen LogP contribution in [0.2, 0.25) is 0 Å². The Morgan fingerprint density at radius 2 is 1.63 bits per heavy atom. The number of anilines is 1. The molecule has 30 heavy (non-hydrogen) atoms. The zero-order valence-corrected chi connectivity index (χ0v) is 17.9. The number of hydrogen-bond donors (Lipinski definition) is 1. The molecule has 0 aliphatic heterocycles. The van der Waals surface area contributed by atoms with Gasteiger partial charge in [0, 0.05) is 11.6 Å². The highest BCUT2D eigenvalue weighted by molar-refractivity contribution is 6.13. The highest BCUT2D eigenvalue weighted by Gasteiger charge is 2.67. The Morgan fingerprint density at radius 3 is 2.13 bits per heavy atom. The van der Waals surface area contributed by atoms with Crippen molar-refractivity contribution in [2.75, 3.05) is 33.3 Å². The summed E-state index contributed by atoms with van der Waals surface area (Å²) in [5, 5.41) is 2.86. The first-order valence-corrected chi connectivity index (χ1v) is 9.76. The molecule has 0 spiro atoms. The largest absolute Gasteiger partial charge is 0.493 e. The first kappa shape index (κ1) is 21.5. The Balaban J connectivity index is 1.96. The maximum absolute atomic E-state index is 13.2. The first-order chi connectivity index (χ1) is 14.4. The predicted molar refractivity (Wildman–Crippen MR) is 112 cm³/mol. The van der Waals surface area contributed by atoms with Gasteiger partial charge < -0.3 is 24.3 Å². The number of nitrogens with one attached hydrogen (secondary N) is 1. The van der Waals surface area contributed by atoms with Crippen molar-refractivity contribution in [1.29, 1.82) is 0 Å². The number of aryl methyl sites for hydroxylation is 1. The fourth-order valence-electron chi connectivity index (χ4n) is 3.68. The van der Waals surface area contributed by atoms with Crippen molar-refractivity contribution in [3.8, 4) is 17.2 Å². The molecule has 1 saturated carbocycles. The van der Waals surface area contributed by atoms with Crippen molar-refractivity contribution in [2.24, 2.45) is 5.41 Å². The SMILES string of the molecule is CCOC(=O)[C@@]1(C(=O)Nc2ccc(C)cc2)C[C@H]1c1cc(OC)c(OC)c(OC)c1. The summed E-state index contributed by atoms with van der Waals surface area (Å²) in [6, 6.07) is 11.0. The third-order valence-electron chi connectivity index (χ3n) is 5.40. The molecule has 7 heteroatoms. The number of carbonyl (C=O) groups excluding carboxylic acids is 2. The topological polar surface area (TPSA) is 83.1 Å². The number of amides is 1. The minimum Gasteiger partial charge on any atom is -0.493 e. The second-order valence-electron chi connectivity index (χ2n) is 7.23. The number of hydrogen-bond acceptors (Lipinski definition) is 6. The summed E-state index contributed by atoms with van der Waals surface area (Å²) in [7, 11) is 4.57. The van der Waals surface area contributed by atoms with Gasteiger partial charge in [0.15, 0.2) is 16.9 Å². The maximum atomic E-state index is 13.2. The summed E-state index contributed by atoms with van der Waals surface area (Å²) >= 11 is 0. The van der Waals surface area contributed by atoms with E-state index in [2.05, 4.69) is 5.32 Å². The zero-order chi connectivity index (χ0) is 21.9. The molecule has 0 heterocycles. The lowest BCUT2D eigenvalue weighted by molar-refractivity contribution is -0.153. The van der Waals surface area contributed by atoms with Gasteiger partial charge >= 0.3 is 5.97 Å². The quantitative estimate of drug-likeness (QED) is 0.525. The summed E-state index contributed by atoms with van der Waals surface area (Å²) in [5.41, 5.74) is 1.15. The number of rotatable bonds is 8. The molecular formula is C23H27NO6. The van der Waals surface area contributed by atoms with Crippen LogP contribution in [0.3, 0.4) is 0 Å². The van der Waals surface area contributed by atoms with Crippen LogP contribution in [0.5, 0.6) is 17.2 Å². The summed E-state index contributed by atoms with van der Waals surface area (Å²) in [6.07, 6.45) is 0.335. The molecule has 1 fully saturated rings. The summed E-state index contributed by atoms with van der Waals surface area (Å²) in [5.74, 6) is 0.105. The molecule has 160 valence electrons. The maximum Gasteiger partial charge on any atom is 0.322 e. The van der Waals surface area contributed by atoms with Crippen molar-refractivity contribution < 1.29 is 28.5 Å². The second-order valence-corrected chi connectivity index (χ2v) is 7.23. The van der Waals surface area contributed by atoms with E-state index < -0.39 is 11.4 Å². The highest BCUT2D eigenvalue weighted by Crippen LogP contribution is 2.62. The van der Waals surface area contributed by atoms with Gasteiger partial charge in [-0.15, -0.1) is 0 Å². The molecule has 0 aromatic heterocycles. The fourth-order valence-corrected chi connectivity index (χ4v) is 3.68. The third kappa shape index (κ3) is 3.79. The Hall–Kier alpha value is -3.22. The highest BCUT2D eigenvalue weighted by atomic mass is 16.5. The van der Waals surface area contributed by atoms with E-state index in [1.54, 1.807) is 19.1 Å². The standard InChI is InChI=1S/C23H27NO6/c1-6-30-22(26)23(21(25)24-16-9-7-14(2)8-10-16)13-17(23)15-11-18(27-3)20(29-5)19(12-15)28-4/h7-12,17H,6,13H2,1-5H3,(H,24,25)/t17-,23-/m0/s1. The molecule has 2 aromatic rings. The number of methoxy groups -OCH3 is 3. The van der Waals surface area contributed by atoms with Crippen LogP contribution in [0.1, 0.15) is 30.4 Å². The molecule has 1 aliphatic rings. The summed E-state index contributed by atoms with van der Waals surface area (Å²) in [6.45, 7) is 3.88. The van der Waals surface area contributed by atoms with E-state index in [1.165, 1.54) is 21.3 Å². The Bertz CT molecular complexity index is 914. The molecule has 0 radical (unpaired) electrons. The van der Waals surface area contributed by atoms with Gasteiger partial charge in [-0.3, -0.25) is 9.59 Å². The van der Waals surface area contributed by atoms with Crippen LogP contribution in [-0.4, -0.2) is 39.8 Å². The average Bonchev–Trinajstić information content (AvgIpc) is 3.51. The second kappa shape index (κ2) is 8.65. The van der Waals surface area contributed by atoms with Gasteiger partial charge in [-0.2, -0.15) is 0 Å². The van der Waals surface area contributed by atoms with Gasteiger partial charge in [-0.1, -0.05) is 17.7 Å². The Morgan fingerprint density at radius 1 is 1.03 bits per heavy atom. The van der Waals surface area contributed by atoms with Crippen molar-refractivity contribution in [3.63, 3.8) is 0 Å². The third-order valence-corrected chi connectivity index (χ3v) is 5.40. The van der Waals surface area contributed by atoms with E-state index in [9.17, 15) is 9.59 Å². The van der Waals surface area contributed by atoms with Crippen LogP contribution in [0, 0.1) is 12.3 Å². The van der Waals surface area contributed by atoms with E-state index in [0.717, 1.165) is 11.1 Å². The lowest BCUT2D eigenvalue weighted by Crippen LogP contribution is -2.34. The van der Waals surface area contributed by atoms with Gasteiger partial charge in [0.1, 0.15) is 0 Å². The monoisotopic (exact) mass is 413 g/mol. The summed E-state index contributed by atoms with van der Waals surface area (Å²) in [4.78, 5) is 26.1. The van der Waals surface area contributed by atoms with Crippen molar-refractivity contribution in [1.82, 2.24) is 0 Å². The van der Waals surface area contributed by atoms with Crippen molar-refractivity contribution >= 4 is 17.6 Å². The van der Waals surface area contributed by atoms with E-state index in [1.807, 2.05) is 31.2 Å². The van der Waals surface area contributed by atoms with Gasteiger partial charge in [0.25, 0.3) is 0 Å². The average molecular weight is 413 g/mol. The minimum atomic E-state index is -1.30. The van der Waals surface area contributed by atoms with E-state index in [4.69, 9.17) is 18.9 Å². The van der Waals surface area contributed by atoms with Crippen LogP contribution < -0.4 is 19.5 Å². The summed E-state index contributed by atoms with van der Waals surface area (Å²) < 4.78 is 21.5. The predicted octanol–water partition coefficient (Wildman–Crippen LogP) is 3.70. The molecular weight excluding hydrogens is 386 g/mol. The molecule has 2 aromatic carbocycles. The molecule has 1 amide bonds.